The van der Waals surface area contributed by atoms with E-state index in [4.69, 9.17) is 9.47 Å². The van der Waals surface area contributed by atoms with Crippen molar-refractivity contribution in [3.05, 3.63) is 47.0 Å². The van der Waals surface area contributed by atoms with Gasteiger partial charge in [-0.05, 0) is 44.5 Å². The maximum Gasteiger partial charge on any atom is 0.418 e. The summed E-state index contributed by atoms with van der Waals surface area (Å²) >= 11 is 1.71. The first-order chi connectivity index (χ1) is 15.2. The molecule has 5 nitrogen and oxygen atoms in total. The third-order valence-corrected chi connectivity index (χ3v) is 6.34. The average molecular weight is 447 g/mol. The molecule has 0 bridgehead atoms. The maximum atomic E-state index is 13.0. The Balaban J connectivity index is 1.93. The number of carbonyl (C=O) groups is 1. The third kappa shape index (κ3) is 7.70. The molecule has 1 aromatic rings. The van der Waals surface area contributed by atoms with E-state index in [1.807, 2.05) is 24.3 Å². The van der Waals surface area contributed by atoms with Gasteiger partial charge in [0.25, 0.3) is 0 Å². The van der Waals surface area contributed by atoms with Crippen LogP contribution in [0, 0.1) is 0 Å². The molecule has 1 aliphatic rings. The maximum absolute atomic E-state index is 13.0. The van der Waals surface area contributed by atoms with Crippen molar-refractivity contribution in [1.29, 1.82) is 0 Å². The van der Waals surface area contributed by atoms with Crippen molar-refractivity contribution in [2.24, 2.45) is 0 Å². The van der Waals surface area contributed by atoms with Gasteiger partial charge in [0.15, 0.2) is 0 Å². The molecular weight excluding hydrogens is 408 g/mol. The van der Waals surface area contributed by atoms with Gasteiger partial charge in [0, 0.05) is 22.0 Å². The molecule has 1 heterocycles. The molecule has 0 saturated heterocycles. The highest BCUT2D eigenvalue weighted by atomic mass is 32.2. The largest absolute Gasteiger partial charge is 0.446 e. The number of carbonyl (C=O) groups excluding carboxylic acids is 1. The first kappa shape index (κ1) is 25.5. The Bertz CT molecular complexity index is 748. The molecule has 0 fully saturated rings. The summed E-state index contributed by atoms with van der Waals surface area (Å²) in [5.74, 6) is 0. The van der Waals surface area contributed by atoms with Gasteiger partial charge in [0.1, 0.15) is 6.61 Å². The second-order valence-electron chi connectivity index (χ2n) is 7.39. The molecule has 0 atom stereocenters. The summed E-state index contributed by atoms with van der Waals surface area (Å²) in [5.41, 5.74) is 1.87. The number of likely N-dealkylation sites (N-methyl/N-ethyl adjacent to an activating group) is 1. The molecule has 1 aromatic carbocycles. The standard InChI is InChI=1S/C25H38N2O3S/c1-5-9-14-23-21(7-3)27(22-13-11-12-15-24(22)31-23)25(28)30-20-19-29-18-17-26(8-4)16-10-6-2/h9,11-15H,5-8,10,16-20H2,1-4H3/b14-9-. The van der Waals surface area contributed by atoms with Crippen molar-refractivity contribution in [2.75, 3.05) is 44.4 Å². The zero-order chi connectivity index (χ0) is 22.5. The fraction of sp³-hybridized carbons (Fsp3) is 0.560. The summed E-state index contributed by atoms with van der Waals surface area (Å²) in [6.45, 7) is 12.9. The molecule has 1 amide bonds. The Labute approximate surface area is 192 Å². The molecule has 0 radical (unpaired) electrons. The first-order valence-electron chi connectivity index (χ1n) is 11.6. The van der Waals surface area contributed by atoms with E-state index in [1.165, 1.54) is 12.8 Å². The molecule has 31 heavy (non-hydrogen) atoms. The molecule has 1 aliphatic heterocycles. The SMILES string of the molecule is CC/C=C\C1=C(CC)N(C(=O)OCCOCCN(CC)CCCC)c2ccccc2S1. The van der Waals surface area contributed by atoms with Crippen molar-refractivity contribution < 1.29 is 14.3 Å². The van der Waals surface area contributed by atoms with Crippen LogP contribution in [0.4, 0.5) is 10.5 Å². The predicted octanol–water partition coefficient (Wildman–Crippen LogP) is 6.46. The second kappa shape index (κ2) is 14.3. The van der Waals surface area contributed by atoms with Crippen LogP contribution in [0.1, 0.15) is 53.4 Å². The van der Waals surface area contributed by atoms with Gasteiger partial charge in [-0.2, -0.15) is 0 Å². The lowest BCUT2D eigenvalue weighted by atomic mass is 10.2. The summed E-state index contributed by atoms with van der Waals surface area (Å²) in [4.78, 5) is 19.3. The van der Waals surface area contributed by atoms with Crippen LogP contribution >= 0.6 is 11.8 Å². The van der Waals surface area contributed by atoms with E-state index in [0.717, 1.165) is 53.7 Å². The number of benzene rings is 1. The number of amides is 1. The van der Waals surface area contributed by atoms with E-state index in [9.17, 15) is 4.79 Å². The predicted molar refractivity (Wildman–Crippen MR) is 131 cm³/mol. The van der Waals surface area contributed by atoms with Crippen molar-refractivity contribution in [2.45, 2.75) is 58.3 Å². The summed E-state index contributed by atoms with van der Waals surface area (Å²) in [6.07, 6.45) is 8.02. The van der Waals surface area contributed by atoms with Crippen LogP contribution in [-0.2, 0) is 9.47 Å². The van der Waals surface area contributed by atoms with Gasteiger partial charge in [-0.1, -0.05) is 70.2 Å². The van der Waals surface area contributed by atoms with Gasteiger partial charge in [-0.25, -0.2) is 9.69 Å². The van der Waals surface area contributed by atoms with Crippen LogP contribution in [-0.4, -0.2) is 50.4 Å². The molecule has 0 aromatic heterocycles. The molecule has 0 unspecified atom stereocenters. The fourth-order valence-corrected chi connectivity index (χ4v) is 4.58. The highest BCUT2D eigenvalue weighted by Gasteiger charge is 2.29. The smallest absolute Gasteiger partial charge is 0.418 e. The monoisotopic (exact) mass is 446 g/mol. The van der Waals surface area contributed by atoms with Crippen LogP contribution in [0.3, 0.4) is 0 Å². The summed E-state index contributed by atoms with van der Waals surface area (Å²) < 4.78 is 11.3. The lowest BCUT2D eigenvalue weighted by Crippen LogP contribution is -2.34. The molecule has 172 valence electrons. The van der Waals surface area contributed by atoms with Gasteiger partial charge in [0.05, 0.1) is 18.9 Å². The number of para-hydroxylation sites is 1. The first-order valence-corrected chi connectivity index (χ1v) is 12.4. The van der Waals surface area contributed by atoms with Gasteiger partial charge < -0.3 is 14.4 Å². The van der Waals surface area contributed by atoms with Crippen molar-refractivity contribution in [3.8, 4) is 0 Å². The average Bonchev–Trinajstić information content (AvgIpc) is 2.80. The quantitative estimate of drug-likeness (QED) is 0.325. The highest BCUT2D eigenvalue weighted by molar-refractivity contribution is 8.03. The van der Waals surface area contributed by atoms with Crippen molar-refractivity contribution in [1.82, 2.24) is 4.90 Å². The zero-order valence-electron chi connectivity index (χ0n) is 19.6. The van der Waals surface area contributed by atoms with Crippen molar-refractivity contribution in [3.63, 3.8) is 0 Å². The Morgan fingerprint density at radius 2 is 1.90 bits per heavy atom. The molecular formula is C25H38N2O3S. The van der Waals surface area contributed by atoms with E-state index in [1.54, 1.807) is 16.7 Å². The lowest BCUT2D eigenvalue weighted by Gasteiger charge is -2.31. The normalized spacial score (nSPS) is 13.9. The van der Waals surface area contributed by atoms with Crippen molar-refractivity contribution >= 4 is 23.5 Å². The second-order valence-corrected chi connectivity index (χ2v) is 8.48. The Hall–Kier alpha value is -1.76. The van der Waals surface area contributed by atoms with Gasteiger partial charge in [0.2, 0.25) is 0 Å². The van der Waals surface area contributed by atoms with Crippen LogP contribution in [0.25, 0.3) is 0 Å². The number of unbranched alkanes of at least 4 members (excludes halogenated alkanes) is 1. The van der Waals surface area contributed by atoms with Gasteiger partial charge >= 0.3 is 6.09 Å². The van der Waals surface area contributed by atoms with Crippen LogP contribution in [0.15, 0.2) is 51.9 Å². The molecule has 6 heteroatoms. The summed E-state index contributed by atoms with van der Waals surface area (Å²) in [6, 6.07) is 7.99. The Morgan fingerprint density at radius 1 is 1.10 bits per heavy atom. The Kier molecular flexibility index (Phi) is 11.8. The summed E-state index contributed by atoms with van der Waals surface area (Å²) in [7, 11) is 0. The number of thioether (sulfide) groups is 1. The van der Waals surface area contributed by atoms with E-state index < -0.39 is 0 Å². The number of allylic oxidation sites excluding steroid dienone is 3. The molecule has 0 spiro atoms. The minimum Gasteiger partial charge on any atom is -0.446 e. The topological polar surface area (TPSA) is 42.0 Å². The van der Waals surface area contributed by atoms with Crippen LogP contribution in [0.5, 0.6) is 0 Å². The number of ether oxygens (including phenoxy) is 2. The van der Waals surface area contributed by atoms with E-state index in [-0.39, 0.29) is 12.7 Å². The highest BCUT2D eigenvalue weighted by Crippen LogP contribution is 2.44. The zero-order valence-corrected chi connectivity index (χ0v) is 20.4. The van der Waals surface area contributed by atoms with Crippen LogP contribution < -0.4 is 4.90 Å². The van der Waals surface area contributed by atoms with Crippen LogP contribution in [0.2, 0.25) is 0 Å². The minimum atomic E-state index is -0.339. The molecule has 0 N–H and O–H groups in total. The number of hydrogen-bond donors (Lipinski definition) is 0. The van der Waals surface area contributed by atoms with E-state index in [2.05, 4.69) is 44.7 Å². The minimum absolute atomic E-state index is 0.253. The number of hydrogen-bond acceptors (Lipinski definition) is 5. The Morgan fingerprint density at radius 3 is 2.61 bits per heavy atom. The van der Waals surface area contributed by atoms with Gasteiger partial charge in [-0.3, -0.25) is 0 Å². The lowest BCUT2D eigenvalue weighted by molar-refractivity contribution is 0.0633. The molecule has 0 aliphatic carbocycles. The number of rotatable bonds is 13. The summed E-state index contributed by atoms with van der Waals surface area (Å²) in [5, 5.41) is 0. The fourth-order valence-electron chi connectivity index (χ4n) is 3.42. The number of nitrogens with zero attached hydrogens (tertiary/aromatic N) is 2. The molecule has 2 rings (SSSR count). The van der Waals surface area contributed by atoms with E-state index >= 15 is 0 Å². The number of anilines is 1. The third-order valence-electron chi connectivity index (χ3n) is 5.18. The van der Waals surface area contributed by atoms with Gasteiger partial charge in [-0.15, -0.1) is 0 Å². The molecule has 0 saturated carbocycles. The van der Waals surface area contributed by atoms with E-state index in [0.29, 0.717) is 13.2 Å². The number of fused-ring (bicyclic) bond motifs is 1.